The van der Waals surface area contributed by atoms with Gasteiger partial charge in [0.05, 0.1) is 11.4 Å². The molecule has 0 unspecified atom stereocenters. The van der Waals surface area contributed by atoms with E-state index < -0.39 is 0 Å². The molecule has 0 saturated carbocycles. The molecule has 5 nitrogen and oxygen atoms in total. The molecular weight excluding hydrogens is 375 g/mol. The second-order valence-corrected chi connectivity index (χ2v) is 7.06. The van der Waals surface area contributed by atoms with Crippen molar-refractivity contribution in [3.05, 3.63) is 83.1 Å². The van der Waals surface area contributed by atoms with Crippen molar-refractivity contribution >= 4 is 23.1 Å². The first-order valence-electron chi connectivity index (χ1n) is 8.54. The minimum absolute atomic E-state index is 0.301. The van der Waals surface area contributed by atoms with Crippen LogP contribution in [0.2, 0.25) is 0 Å². The standard InChI is InChI=1S/C21H15FN4OS/c1-13-19(28-21(23-13)15-7-9-16(22)10-8-15)20(27)24-18-12-11-17(25-26-18)14-5-3-2-4-6-14/h2-12H,1H3,(H,24,26,27). The molecule has 1 N–H and O–H groups in total. The van der Waals surface area contributed by atoms with Crippen LogP contribution in [0.15, 0.2) is 66.7 Å². The van der Waals surface area contributed by atoms with Crippen molar-refractivity contribution < 1.29 is 9.18 Å². The van der Waals surface area contributed by atoms with Gasteiger partial charge in [-0.05, 0) is 43.3 Å². The van der Waals surface area contributed by atoms with Crippen molar-refractivity contribution in [2.75, 3.05) is 5.32 Å². The Hall–Kier alpha value is -3.45. The Morgan fingerprint density at radius 2 is 1.68 bits per heavy atom. The molecule has 1 amide bonds. The molecule has 138 valence electrons. The summed E-state index contributed by atoms with van der Waals surface area (Å²) in [6, 6.07) is 19.2. The van der Waals surface area contributed by atoms with E-state index in [4.69, 9.17) is 0 Å². The van der Waals surface area contributed by atoms with Crippen LogP contribution in [0.25, 0.3) is 21.8 Å². The fourth-order valence-electron chi connectivity index (χ4n) is 2.66. The van der Waals surface area contributed by atoms with Crippen LogP contribution in [-0.2, 0) is 0 Å². The Bertz CT molecular complexity index is 1110. The second kappa shape index (κ2) is 7.66. The quantitative estimate of drug-likeness (QED) is 0.534. The summed E-state index contributed by atoms with van der Waals surface area (Å²) in [7, 11) is 0. The van der Waals surface area contributed by atoms with E-state index in [1.165, 1.54) is 23.5 Å². The summed E-state index contributed by atoms with van der Waals surface area (Å²) >= 11 is 1.25. The molecule has 0 radical (unpaired) electrons. The molecule has 4 aromatic rings. The van der Waals surface area contributed by atoms with E-state index in [0.717, 1.165) is 16.8 Å². The van der Waals surface area contributed by atoms with E-state index in [2.05, 4.69) is 20.5 Å². The molecule has 0 saturated heterocycles. The third-order valence-corrected chi connectivity index (χ3v) is 5.27. The lowest BCUT2D eigenvalue weighted by molar-refractivity contribution is 0.102. The summed E-state index contributed by atoms with van der Waals surface area (Å²) in [5.41, 5.74) is 3.05. The molecule has 2 aromatic carbocycles. The van der Waals surface area contributed by atoms with E-state index in [9.17, 15) is 9.18 Å². The summed E-state index contributed by atoms with van der Waals surface area (Å²) in [5, 5.41) is 11.7. The van der Waals surface area contributed by atoms with Crippen molar-refractivity contribution in [1.29, 1.82) is 0 Å². The summed E-state index contributed by atoms with van der Waals surface area (Å²) in [6.07, 6.45) is 0. The fraction of sp³-hybridized carbons (Fsp3) is 0.0476. The van der Waals surface area contributed by atoms with Crippen molar-refractivity contribution in [2.45, 2.75) is 6.92 Å². The number of aromatic nitrogens is 3. The van der Waals surface area contributed by atoms with E-state index in [-0.39, 0.29) is 11.7 Å². The second-order valence-electron chi connectivity index (χ2n) is 6.06. The SMILES string of the molecule is Cc1nc(-c2ccc(F)cc2)sc1C(=O)Nc1ccc(-c2ccccc2)nn1. The Morgan fingerprint density at radius 1 is 0.929 bits per heavy atom. The molecule has 2 heterocycles. The van der Waals surface area contributed by atoms with Crippen LogP contribution in [0, 0.1) is 12.7 Å². The molecule has 0 atom stereocenters. The van der Waals surface area contributed by atoms with Gasteiger partial charge in [-0.1, -0.05) is 30.3 Å². The third-order valence-electron chi connectivity index (χ3n) is 4.07. The molecule has 0 aliphatic rings. The number of nitrogens with one attached hydrogen (secondary N) is 1. The number of aryl methyl sites for hydroxylation is 1. The van der Waals surface area contributed by atoms with Crippen LogP contribution in [0.5, 0.6) is 0 Å². The highest BCUT2D eigenvalue weighted by Crippen LogP contribution is 2.28. The summed E-state index contributed by atoms with van der Waals surface area (Å²) < 4.78 is 13.1. The van der Waals surface area contributed by atoms with Gasteiger partial charge in [-0.3, -0.25) is 4.79 Å². The van der Waals surface area contributed by atoms with Crippen LogP contribution in [0.3, 0.4) is 0 Å². The number of amides is 1. The largest absolute Gasteiger partial charge is 0.304 e. The minimum atomic E-state index is -0.312. The molecular formula is C21H15FN4OS. The van der Waals surface area contributed by atoms with Crippen LogP contribution in [-0.4, -0.2) is 21.1 Å². The van der Waals surface area contributed by atoms with Gasteiger partial charge in [-0.25, -0.2) is 9.37 Å². The lowest BCUT2D eigenvalue weighted by atomic mass is 10.1. The highest BCUT2D eigenvalue weighted by Gasteiger charge is 2.17. The van der Waals surface area contributed by atoms with Gasteiger partial charge in [-0.15, -0.1) is 21.5 Å². The number of hydrogen-bond acceptors (Lipinski definition) is 5. The first kappa shape index (κ1) is 17.9. The van der Waals surface area contributed by atoms with Gasteiger partial charge in [-0.2, -0.15) is 0 Å². The summed E-state index contributed by atoms with van der Waals surface area (Å²) in [4.78, 5) is 17.5. The average Bonchev–Trinajstić information content (AvgIpc) is 3.11. The zero-order valence-electron chi connectivity index (χ0n) is 14.9. The van der Waals surface area contributed by atoms with Gasteiger partial charge in [0.2, 0.25) is 0 Å². The highest BCUT2D eigenvalue weighted by atomic mass is 32.1. The molecule has 7 heteroatoms. The first-order chi connectivity index (χ1) is 13.6. The van der Waals surface area contributed by atoms with E-state index in [0.29, 0.717) is 21.4 Å². The number of carbonyl (C=O) groups is 1. The smallest absolute Gasteiger partial charge is 0.268 e. The number of hydrogen-bond donors (Lipinski definition) is 1. The van der Waals surface area contributed by atoms with Gasteiger partial charge < -0.3 is 5.32 Å². The third kappa shape index (κ3) is 3.79. The van der Waals surface area contributed by atoms with Crippen molar-refractivity contribution in [2.24, 2.45) is 0 Å². The molecule has 28 heavy (non-hydrogen) atoms. The maximum Gasteiger partial charge on any atom is 0.268 e. The maximum atomic E-state index is 13.1. The van der Waals surface area contributed by atoms with Gasteiger partial charge in [0.25, 0.3) is 5.91 Å². The monoisotopic (exact) mass is 390 g/mol. The molecule has 0 bridgehead atoms. The Kier molecular flexibility index (Phi) is 4.90. The number of thiazole rings is 1. The minimum Gasteiger partial charge on any atom is -0.304 e. The predicted octanol–water partition coefficient (Wildman–Crippen LogP) is 4.97. The van der Waals surface area contributed by atoms with Crippen LogP contribution >= 0.6 is 11.3 Å². The number of benzene rings is 2. The number of halogens is 1. The van der Waals surface area contributed by atoms with Crippen molar-refractivity contribution in [3.63, 3.8) is 0 Å². The van der Waals surface area contributed by atoms with Crippen LogP contribution in [0.4, 0.5) is 10.2 Å². The predicted molar refractivity (Wildman–Crippen MR) is 108 cm³/mol. The normalized spacial score (nSPS) is 10.6. The molecule has 0 aliphatic carbocycles. The van der Waals surface area contributed by atoms with Gasteiger partial charge in [0, 0.05) is 11.1 Å². The lowest BCUT2D eigenvalue weighted by Gasteiger charge is -2.04. The number of anilines is 1. The highest BCUT2D eigenvalue weighted by molar-refractivity contribution is 7.17. The Morgan fingerprint density at radius 3 is 2.36 bits per heavy atom. The van der Waals surface area contributed by atoms with Crippen LogP contribution in [0.1, 0.15) is 15.4 Å². The lowest BCUT2D eigenvalue weighted by Crippen LogP contribution is -2.13. The first-order valence-corrected chi connectivity index (χ1v) is 9.36. The maximum absolute atomic E-state index is 13.1. The zero-order valence-corrected chi connectivity index (χ0v) is 15.7. The fourth-order valence-corrected chi connectivity index (χ4v) is 3.62. The number of rotatable bonds is 4. The van der Waals surface area contributed by atoms with E-state index in [1.807, 2.05) is 30.3 Å². The van der Waals surface area contributed by atoms with E-state index >= 15 is 0 Å². The molecule has 0 aliphatic heterocycles. The zero-order chi connectivity index (χ0) is 19.5. The Labute approximate surface area is 164 Å². The van der Waals surface area contributed by atoms with Gasteiger partial charge >= 0.3 is 0 Å². The Balaban J connectivity index is 1.51. The number of carbonyl (C=O) groups excluding carboxylic acids is 1. The molecule has 2 aromatic heterocycles. The molecule has 0 spiro atoms. The van der Waals surface area contributed by atoms with Gasteiger partial charge in [0.15, 0.2) is 5.82 Å². The van der Waals surface area contributed by atoms with Crippen molar-refractivity contribution in [1.82, 2.24) is 15.2 Å². The van der Waals surface area contributed by atoms with E-state index in [1.54, 1.807) is 31.2 Å². The summed E-state index contributed by atoms with van der Waals surface area (Å²) in [6.45, 7) is 1.77. The average molecular weight is 390 g/mol. The van der Waals surface area contributed by atoms with Crippen LogP contribution < -0.4 is 5.32 Å². The topological polar surface area (TPSA) is 67.8 Å². The van der Waals surface area contributed by atoms with Crippen molar-refractivity contribution in [3.8, 4) is 21.8 Å². The molecule has 0 fully saturated rings. The molecule has 4 rings (SSSR count). The van der Waals surface area contributed by atoms with Gasteiger partial charge in [0.1, 0.15) is 15.7 Å². The number of nitrogens with zero attached hydrogens (tertiary/aromatic N) is 3. The summed E-state index contributed by atoms with van der Waals surface area (Å²) in [5.74, 6) is -0.251.